The van der Waals surface area contributed by atoms with Gasteiger partial charge in [0.15, 0.2) is 0 Å². The Morgan fingerprint density at radius 3 is 2.75 bits per heavy atom. The van der Waals surface area contributed by atoms with Gasteiger partial charge < -0.3 is 0 Å². The van der Waals surface area contributed by atoms with Crippen LogP contribution < -0.4 is 0 Å². The average Bonchev–Trinajstić information content (AvgIpc) is 2.21. The molecule has 2 aromatic heterocycles. The molecular formula is C10H6N2. The molecule has 0 unspecified atom stereocenters. The van der Waals surface area contributed by atoms with E-state index < -0.39 is 0 Å². The van der Waals surface area contributed by atoms with Crippen molar-refractivity contribution in [3.63, 3.8) is 0 Å². The lowest BCUT2D eigenvalue weighted by molar-refractivity contribution is 1.25. The minimum absolute atomic E-state index is 0.828. The van der Waals surface area contributed by atoms with Crippen LogP contribution in [0, 0.1) is 12.3 Å². The zero-order valence-electron chi connectivity index (χ0n) is 6.36. The van der Waals surface area contributed by atoms with Crippen molar-refractivity contribution in [2.75, 3.05) is 0 Å². The molecule has 12 heavy (non-hydrogen) atoms. The van der Waals surface area contributed by atoms with Gasteiger partial charge in [-0.15, -0.1) is 0 Å². The third-order valence-electron chi connectivity index (χ3n) is 1.49. The van der Waals surface area contributed by atoms with Gasteiger partial charge in [-0.2, -0.15) is 4.98 Å². The lowest BCUT2D eigenvalue weighted by Crippen LogP contribution is -1.82. The number of hydrogen-bond acceptors (Lipinski definition) is 2. The topological polar surface area (TPSA) is 25.8 Å². The Balaban J connectivity index is 2.46. The van der Waals surface area contributed by atoms with Crippen LogP contribution in [-0.4, -0.2) is 9.97 Å². The van der Waals surface area contributed by atoms with Gasteiger partial charge in [0.1, 0.15) is 0 Å². The maximum atomic E-state index is 4.15. The normalized spacial score (nSPS) is 9.00. The van der Waals surface area contributed by atoms with Crippen LogP contribution >= 0.6 is 0 Å². The highest BCUT2D eigenvalue weighted by Crippen LogP contribution is 2.09. The quantitative estimate of drug-likeness (QED) is 0.625. The molecule has 0 fully saturated rings. The van der Waals surface area contributed by atoms with Crippen molar-refractivity contribution in [3.05, 3.63) is 48.8 Å². The van der Waals surface area contributed by atoms with Crippen LogP contribution in [0.1, 0.15) is 0 Å². The van der Waals surface area contributed by atoms with Crippen molar-refractivity contribution >= 4 is 0 Å². The molecule has 2 nitrogen and oxygen atoms in total. The van der Waals surface area contributed by atoms with E-state index in [4.69, 9.17) is 0 Å². The monoisotopic (exact) mass is 154 g/mol. The Morgan fingerprint density at radius 2 is 2.08 bits per heavy atom. The Kier molecular flexibility index (Phi) is 1.71. The molecule has 0 aliphatic heterocycles. The summed E-state index contributed by atoms with van der Waals surface area (Å²) in [5, 5.41) is 0. The summed E-state index contributed by atoms with van der Waals surface area (Å²) in [6.45, 7) is 0. The van der Waals surface area contributed by atoms with E-state index in [0.717, 1.165) is 11.4 Å². The predicted octanol–water partition coefficient (Wildman–Crippen LogP) is 1.74. The Morgan fingerprint density at radius 1 is 1.08 bits per heavy atom. The zero-order chi connectivity index (χ0) is 8.23. The highest BCUT2D eigenvalue weighted by Gasteiger charge is 1.95. The number of nitrogens with zero attached hydrogens (tertiary/aromatic N) is 2. The standard InChI is InChI=1S/C10H6N2/c1-3-7-11-9(5-1)10-6-2-4-8-12-10/h1-3,5-7H. The summed E-state index contributed by atoms with van der Waals surface area (Å²) in [7, 11) is 0. The molecule has 0 saturated carbocycles. The Labute approximate surface area is 70.9 Å². The van der Waals surface area contributed by atoms with Crippen molar-refractivity contribution in [2.45, 2.75) is 0 Å². The minimum atomic E-state index is 0.828. The second kappa shape index (κ2) is 3.02. The van der Waals surface area contributed by atoms with E-state index in [0.29, 0.717) is 0 Å². The molecule has 2 heterocycles. The van der Waals surface area contributed by atoms with E-state index in [9.17, 15) is 0 Å². The number of rotatable bonds is 1. The van der Waals surface area contributed by atoms with Crippen LogP contribution in [0.4, 0.5) is 0 Å². The summed E-state index contributed by atoms with van der Waals surface area (Å²) in [6, 6.07) is 12.1. The number of aromatic nitrogens is 2. The molecule has 0 bridgehead atoms. The third kappa shape index (κ3) is 1.25. The first-order valence-electron chi connectivity index (χ1n) is 3.63. The lowest BCUT2D eigenvalue weighted by atomic mass is 10.2. The van der Waals surface area contributed by atoms with Gasteiger partial charge in [-0.3, -0.25) is 4.98 Å². The summed E-state index contributed by atoms with van der Waals surface area (Å²) in [5.74, 6) is 0. The van der Waals surface area contributed by atoms with Crippen molar-refractivity contribution in [1.29, 1.82) is 0 Å². The fourth-order valence-corrected chi connectivity index (χ4v) is 0.945. The van der Waals surface area contributed by atoms with E-state index >= 15 is 0 Å². The molecule has 2 heteroatoms. The summed E-state index contributed by atoms with van der Waals surface area (Å²) < 4.78 is 0. The van der Waals surface area contributed by atoms with E-state index in [2.05, 4.69) is 22.2 Å². The fourth-order valence-electron chi connectivity index (χ4n) is 0.945. The molecule has 0 atom stereocenters. The highest BCUT2D eigenvalue weighted by molar-refractivity contribution is 5.52. The zero-order valence-corrected chi connectivity index (χ0v) is 6.36. The van der Waals surface area contributed by atoms with E-state index in [1.54, 1.807) is 12.3 Å². The molecule has 0 aliphatic rings. The van der Waals surface area contributed by atoms with Crippen LogP contribution in [0.2, 0.25) is 0 Å². The molecule has 0 radical (unpaired) electrons. The predicted molar refractivity (Wildman–Crippen MR) is 45.1 cm³/mol. The number of pyridine rings is 1. The van der Waals surface area contributed by atoms with E-state index in [1.165, 1.54) is 0 Å². The Bertz CT molecular complexity index is 305. The summed E-state index contributed by atoms with van der Waals surface area (Å²) >= 11 is 0. The van der Waals surface area contributed by atoms with Crippen molar-refractivity contribution in [2.24, 2.45) is 0 Å². The molecule has 0 spiro atoms. The van der Waals surface area contributed by atoms with Crippen molar-refractivity contribution < 1.29 is 0 Å². The molecule has 2 rings (SSSR count). The van der Waals surface area contributed by atoms with Crippen molar-refractivity contribution in [3.8, 4) is 11.4 Å². The molecule has 0 aliphatic carbocycles. The third-order valence-corrected chi connectivity index (χ3v) is 1.49. The van der Waals surface area contributed by atoms with Gasteiger partial charge in [0.05, 0.1) is 11.4 Å². The molecule has 2 aromatic rings. The van der Waals surface area contributed by atoms with Gasteiger partial charge in [-0.05, 0) is 30.3 Å². The second-order valence-electron chi connectivity index (χ2n) is 2.30. The van der Waals surface area contributed by atoms with Crippen LogP contribution in [0.3, 0.4) is 0 Å². The number of hydrogen-bond donors (Lipinski definition) is 0. The molecule has 0 saturated heterocycles. The molecular weight excluding hydrogens is 148 g/mol. The van der Waals surface area contributed by atoms with Gasteiger partial charge in [0, 0.05) is 12.4 Å². The average molecular weight is 154 g/mol. The maximum absolute atomic E-state index is 4.15. The Hall–Kier alpha value is -1.88. The van der Waals surface area contributed by atoms with E-state index in [-0.39, 0.29) is 0 Å². The van der Waals surface area contributed by atoms with Gasteiger partial charge in [0.25, 0.3) is 0 Å². The first kappa shape index (κ1) is 6.81. The fraction of sp³-hybridized carbons (Fsp3) is 0. The first-order valence-corrected chi connectivity index (χ1v) is 3.63. The molecule has 0 N–H and O–H groups in total. The molecule has 0 amide bonds. The first-order chi connectivity index (χ1) is 5.97. The largest absolute Gasteiger partial charge is 0.255 e. The summed E-state index contributed by atoms with van der Waals surface area (Å²) in [6.07, 6.45) is 4.39. The van der Waals surface area contributed by atoms with Gasteiger partial charge in [-0.25, -0.2) is 0 Å². The SMILES string of the molecule is c1ccc(-c2ccccn2)nc#1. The van der Waals surface area contributed by atoms with E-state index in [1.807, 2.05) is 24.3 Å². The lowest BCUT2D eigenvalue weighted by Gasteiger charge is -1.94. The summed E-state index contributed by atoms with van der Waals surface area (Å²) in [5.41, 5.74) is 1.69. The smallest absolute Gasteiger partial charge is 0.0999 e. The molecule has 0 aromatic carbocycles. The van der Waals surface area contributed by atoms with Crippen LogP contribution in [0.5, 0.6) is 0 Å². The van der Waals surface area contributed by atoms with Crippen LogP contribution in [0.15, 0.2) is 36.5 Å². The van der Waals surface area contributed by atoms with Gasteiger partial charge in [0.2, 0.25) is 0 Å². The molecule has 56 valence electrons. The van der Waals surface area contributed by atoms with Crippen LogP contribution in [0.25, 0.3) is 11.4 Å². The van der Waals surface area contributed by atoms with Gasteiger partial charge in [-0.1, -0.05) is 6.07 Å². The second-order valence-corrected chi connectivity index (χ2v) is 2.30. The van der Waals surface area contributed by atoms with Crippen molar-refractivity contribution in [1.82, 2.24) is 9.97 Å². The summed E-state index contributed by atoms with van der Waals surface area (Å²) in [4.78, 5) is 8.16. The maximum Gasteiger partial charge on any atom is 0.0999 e. The minimum Gasteiger partial charge on any atom is -0.255 e. The van der Waals surface area contributed by atoms with Gasteiger partial charge >= 0.3 is 0 Å². The highest BCUT2D eigenvalue weighted by atomic mass is 14.7. The van der Waals surface area contributed by atoms with Crippen LogP contribution in [-0.2, 0) is 0 Å².